The van der Waals surface area contributed by atoms with E-state index in [2.05, 4.69) is 0 Å². The van der Waals surface area contributed by atoms with E-state index in [1.807, 2.05) is 4.72 Å². The van der Waals surface area contributed by atoms with Crippen molar-refractivity contribution in [3.63, 3.8) is 0 Å². The molecular weight excluding hydrogens is 358 g/mol. The number of anilines is 1. The lowest BCUT2D eigenvalue weighted by Crippen LogP contribution is -2.14. The Hall–Kier alpha value is -1.90. The number of benzene rings is 2. The van der Waals surface area contributed by atoms with Gasteiger partial charge in [0.2, 0.25) is 0 Å². The third-order valence-electron chi connectivity index (χ3n) is 2.59. The summed E-state index contributed by atoms with van der Waals surface area (Å²) in [6.07, 6.45) is 0. The van der Waals surface area contributed by atoms with Crippen molar-refractivity contribution in [2.24, 2.45) is 0 Å². The standard InChI is InChI=1S/C12H7Cl2FN2O4S/c13-7-1-3-9(14)12(5-7)22(20,21)16-11-6-8(17(18)19)2-4-10(11)15/h1-6,16H. The zero-order valence-corrected chi connectivity index (χ0v) is 12.9. The van der Waals surface area contributed by atoms with Crippen LogP contribution in [0, 0.1) is 15.9 Å². The van der Waals surface area contributed by atoms with Gasteiger partial charge in [-0.15, -0.1) is 0 Å². The van der Waals surface area contributed by atoms with Gasteiger partial charge in [0.25, 0.3) is 15.7 Å². The monoisotopic (exact) mass is 364 g/mol. The Morgan fingerprint density at radius 3 is 2.45 bits per heavy atom. The van der Waals surface area contributed by atoms with Gasteiger partial charge in [0.15, 0.2) is 0 Å². The second kappa shape index (κ2) is 6.07. The van der Waals surface area contributed by atoms with Crippen LogP contribution in [0.5, 0.6) is 0 Å². The molecule has 0 radical (unpaired) electrons. The van der Waals surface area contributed by atoms with Gasteiger partial charge in [-0.3, -0.25) is 14.8 Å². The van der Waals surface area contributed by atoms with E-state index < -0.39 is 32.1 Å². The number of hydrogen-bond donors (Lipinski definition) is 1. The molecule has 0 atom stereocenters. The number of non-ortho nitro benzene ring substituents is 1. The minimum absolute atomic E-state index is 0.115. The molecule has 2 aromatic rings. The Bertz CT molecular complexity index is 858. The van der Waals surface area contributed by atoms with Crippen molar-refractivity contribution in [2.45, 2.75) is 4.90 Å². The minimum atomic E-state index is -4.26. The Morgan fingerprint density at radius 2 is 1.82 bits per heavy atom. The van der Waals surface area contributed by atoms with Gasteiger partial charge < -0.3 is 0 Å². The molecule has 0 aromatic heterocycles. The van der Waals surface area contributed by atoms with Crippen molar-refractivity contribution in [3.8, 4) is 0 Å². The van der Waals surface area contributed by atoms with Gasteiger partial charge in [-0.2, -0.15) is 0 Å². The van der Waals surface area contributed by atoms with Crippen molar-refractivity contribution < 1.29 is 17.7 Å². The van der Waals surface area contributed by atoms with Crippen LogP contribution in [0.25, 0.3) is 0 Å². The first-order valence-corrected chi connectivity index (χ1v) is 7.86. The van der Waals surface area contributed by atoms with Crippen LogP contribution in [0.1, 0.15) is 0 Å². The highest BCUT2D eigenvalue weighted by molar-refractivity contribution is 7.92. The molecule has 0 spiro atoms. The summed E-state index contributed by atoms with van der Waals surface area (Å²) in [5.41, 5.74) is -1.03. The van der Waals surface area contributed by atoms with Crippen LogP contribution < -0.4 is 4.72 Å². The van der Waals surface area contributed by atoms with E-state index in [4.69, 9.17) is 23.2 Å². The van der Waals surface area contributed by atoms with Gasteiger partial charge in [0.1, 0.15) is 10.7 Å². The van der Waals surface area contributed by atoms with Gasteiger partial charge in [-0.1, -0.05) is 23.2 Å². The fourth-order valence-electron chi connectivity index (χ4n) is 1.59. The molecule has 2 rings (SSSR count). The van der Waals surface area contributed by atoms with Gasteiger partial charge in [-0.05, 0) is 24.3 Å². The summed E-state index contributed by atoms with van der Waals surface area (Å²) in [7, 11) is -4.26. The molecule has 0 heterocycles. The van der Waals surface area contributed by atoms with Crippen molar-refractivity contribution in [1.29, 1.82) is 0 Å². The van der Waals surface area contributed by atoms with Crippen LogP contribution in [-0.2, 0) is 10.0 Å². The molecule has 0 aliphatic rings. The summed E-state index contributed by atoms with van der Waals surface area (Å²) in [5.74, 6) is -0.965. The molecule has 0 aliphatic heterocycles. The van der Waals surface area contributed by atoms with Crippen LogP contribution in [0.15, 0.2) is 41.3 Å². The average molecular weight is 365 g/mol. The summed E-state index contributed by atoms with van der Waals surface area (Å²) < 4.78 is 40.0. The van der Waals surface area contributed by atoms with Crippen LogP contribution in [0.3, 0.4) is 0 Å². The predicted molar refractivity (Wildman–Crippen MR) is 80.3 cm³/mol. The van der Waals surface area contributed by atoms with E-state index in [0.717, 1.165) is 24.3 Å². The van der Waals surface area contributed by atoms with E-state index in [1.54, 1.807) is 0 Å². The third-order valence-corrected chi connectivity index (χ3v) is 4.67. The van der Waals surface area contributed by atoms with Crippen molar-refractivity contribution in [1.82, 2.24) is 0 Å². The number of halogens is 3. The van der Waals surface area contributed by atoms with E-state index in [1.165, 1.54) is 12.1 Å². The first-order chi connectivity index (χ1) is 10.2. The van der Waals surface area contributed by atoms with Gasteiger partial charge >= 0.3 is 0 Å². The largest absolute Gasteiger partial charge is 0.276 e. The Morgan fingerprint density at radius 1 is 1.14 bits per heavy atom. The summed E-state index contributed by atoms with van der Waals surface area (Å²) in [4.78, 5) is 9.52. The molecule has 22 heavy (non-hydrogen) atoms. The fourth-order valence-corrected chi connectivity index (χ4v) is 3.41. The Balaban J connectivity index is 2.47. The molecule has 0 fully saturated rings. The highest BCUT2D eigenvalue weighted by Crippen LogP contribution is 2.29. The number of hydrogen-bond acceptors (Lipinski definition) is 4. The number of nitrogens with one attached hydrogen (secondary N) is 1. The molecule has 10 heteroatoms. The molecule has 6 nitrogen and oxygen atoms in total. The molecule has 0 saturated carbocycles. The zero-order valence-electron chi connectivity index (χ0n) is 10.6. The summed E-state index contributed by atoms with van der Waals surface area (Å²) >= 11 is 11.5. The number of rotatable bonds is 4. The number of nitro benzene ring substituents is 1. The number of nitrogens with zero attached hydrogens (tertiary/aromatic N) is 1. The van der Waals surface area contributed by atoms with Gasteiger partial charge in [0, 0.05) is 17.2 Å². The predicted octanol–water partition coefficient (Wildman–Crippen LogP) is 3.84. The Labute approximate surface area is 134 Å². The molecule has 0 saturated heterocycles. The SMILES string of the molecule is O=[N+]([O-])c1ccc(F)c(NS(=O)(=O)c2cc(Cl)ccc2Cl)c1. The highest BCUT2D eigenvalue weighted by atomic mass is 35.5. The van der Waals surface area contributed by atoms with Crippen LogP contribution in [0.4, 0.5) is 15.8 Å². The quantitative estimate of drug-likeness (QED) is 0.659. The Kier molecular flexibility index (Phi) is 4.55. The molecule has 1 N–H and O–H groups in total. The first kappa shape index (κ1) is 16.5. The van der Waals surface area contributed by atoms with Crippen molar-refractivity contribution in [2.75, 3.05) is 4.72 Å². The maximum Gasteiger partial charge on any atom is 0.271 e. The fraction of sp³-hybridized carbons (Fsp3) is 0. The van der Waals surface area contributed by atoms with E-state index in [9.17, 15) is 22.9 Å². The number of sulfonamides is 1. The summed E-state index contributed by atoms with van der Waals surface area (Å²) in [6.45, 7) is 0. The molecule has 0 amide bonds. The van der Waals surface area contributed by atoms with Crippen LogP contribution >= 0.6 is 23.2 Å². The lowest BCUT2D eigenvalue weighted by atomic mass is 10.3. The summed E-state index contributed by atoms with van der Waals surface area (Å²) in [5, 5.41) is 10.7. The first-order valence-electron chi connectivity index (χ1n) is 5.62. The third kappa shape index (κ3) is 3.46. The van der Waals surface area contributed by atoms with Crippen molar-refractivity contribution >= 4 is 44.6 Å². The van der Waals surface area contributed by atoms with E-state index in [-0.39, 0.29) is 14.9 Å². The second-order valence-corrected chi connectivity index (χ2v) is 6.60. The highest BCUT2D eigenvalue weighted by Gasteiger charge is 2.21. The maximum absolute atomic E-state index is 13.7. The second-order valence-electron chi connectivity index (χ2n) is 4.10. The zero-order chi connectivity index (χ0) is 16.5. The average Bonchev–Trinajstić information content (AvgIpc) is 2.43. The van der Waals surface area contributed by atoms with Crippen LogP contribution in [-0.4, -0.2) is 13.3 Å². The molecule has 0 unspecified atom stereocenters. The van der Waals surface area contributed by atoms with E-state index >= 15 is 0 Å². The van der Waals surface area contributed by atoms with Gasteiger partial charge in [0.05, 0.1) is 15.6 Å². The maximum atomic E-state index is 13.7. The van der Waals surface area contributed by atoms with Crippen LogP contribution in [0.2, 0.25) is 10.0 Å². The smallest absolute Gasteiger partial charge is 0.271 e. The van der Waals surface area contributed by atoms with Gasteiger partial charge in [-0.25, -0.2) is 12.8 Å². The molecule has 0 aliphatic carbocycles. The number of nitro groups is 1. The molecule has 2 aromatic carbocycles. The molecule has 116 valence electrons. The molecular formula is C12H7Cl2FN2O4S. The normalized spacial score (nSPS) is 11.2. The van der Waals surface area contributed by atoms with E-state index in [0.29, 0.717) is 0 Å². The lowest BCUT2D eigenvalue weighted by molar-refractivity contribution is -0.384. The van der Waals surface area contributed by atoms with Crippen molar-refractivity contribution in [3.05, 3.63) is 62.4 Å². The topological polar surface area (TPSA) is 89.3 Å². The molecule has 0 bridgehead atoms. The lowest BCUT2D eigenvalue weighted by Gasteiger charge is -2.10. The minimum Gasteiger partial charge on any atom is -0.276 e. The summed E-state index contributed by atoms with van der Waals surface area (Å²) in [6, 6.07) is 6.21.